The molecule has 94 valence electrons. The van der Waals surface area contributed by atoms with Crippen LogP contribution in [0.5, 0.6) is 0 Å². The fourth-order valence-corrected chi connectivity index (χ4v) is 2.90. The molecule has 0 bridgehead atoms. The lowest BCUT2D eigenvalue weighted by Crippen LogP contribution is -2.22. The molecule has 1 fully saturated rings. The van der Waals surface area contributed by atoms with Gasteiger partial charge < -0.3 is 10.6 Å². The third kappa shape index (κ3) is 1.91. The molecule has 7 heteroatoms. The van der Waals surface area contributed by atoms with Crippen LogP contribution < -0.4 is 10.6 Å². The van der Waals surface area contributed by atoms with E-state index in [1.165, 1.54) is 11.3 Å². The van der Waals surface area contributed by atoms with Crippen molar-refractivity contribution >= 4 is 32.9 Å². The lowest BCUT2D eigenvalue weighted by atomic mass is 10.2. The molecule has 3 rings (SSSR count). The van der Waals surface area contributed by atoms with Crippen LogP contribution in [-0.2, 0) is 0 Å². The summed E-state index contributed by atoms with van der Waals surface area (Å²) < 4.78 is 0.844. The van der Waals surface area contributed by atoms with Crippen molar-refractivity contribution in [2.24, 2.45) is 0 Å². The molecule has 0 amide bonds. The summed E-state index contributed by atoms with van der Waals surface area (Å²) in [5, 5.41) is 17.7. The average Bonchev–Trinajstić information content (AvgIpc) is 2.98. The van der Waals surface area contributed by atoms with Gasteiger partial charge in [0.25, 0.3) is 0 Å². The van der Waals surface area contributed by atoms with Crippen molar-refractivity contribution in [2.45, 2.75) is 12.5 Å². The van der Waals surface area contributed by atoms with Crippen molar-refractivity contribution < 1.29 is 4.92 Å². The highest BCUT2D eigenvalue weighted by atomic mass is 32.1. The summed E-state index contributed by atoms with van der Waals surface area (Å²) in [5.74, 6) is 0. The van der Waals surface area contributed by atoms with Gasteiger partial charge in [0.05, 0.1) is 15.1 Å². The highest BCUT2D eigenvalue weighted by molar-refractivity contribution is 7.16. The Morgan fingerprint density at radius 2 is 2.44 bits per heavy atom. The van der Waals surface area contributed by atoms with Crippen molar-refractivity contribution in [2.75, 3.05) is 18.4 Å². The Kier molecular flexibility index (Phi) is 2.85. The fraction of sp³-hybridized carbons (Fsp3) is 0.364. The third-order valence-electron chi connectivity index (χ3n) is 3.08. The van der Waals surface area contributed by atoms with Crippen LogP contribution in [0.4, 0.5) is 11.4 Å². The highest BCUT2D eigenvalue weighted by Crippen LogP contribution is 2.34. The second-order valence-electron chi connectivity index (χ2n) is 4.25. The average molecular weight is 264 g/mol. The van der Waals surface area contributed by atoms with Crippen molar-refractivity contribution in [3.8, 4) is 0 Å². The standard InChI is InChI=1S/C11H12N4O2S/c16-15(17)11-8(14-7-3-4-12-5-7)1-2-9-10(11)13-6-18-9/h1-2,6-7,12,14H,3-5H2. The quantitative estimate of drug-likeness (QED) is 0.654. The third-order valence-corrected chi connectivity index (χ3v) is 3.87. The van der Waals surface area contributed by atoms with Gasteiger partial charge in [-0.25, -0.2) is 4.98 Å². The predicted molar refractivity (Wildman–Crippen MR) is 71.2 cm³/mol. The minimum atomic E-state index is -0.354. The molecule has 1 atom stereocenters. The molecule has 1 unspecified atom stereocenters. The van der Waals surface area contributed by atoms with E-state index in [2.05, 4.69) is 15.6 Å². The Bertz CT molecular complexity index is 592. The molecule has 0 aliphatic carbocycles. The van der Waals surface area contributed by atoms with E-state index >= 15 is 0 Å². The number of aromatic nitrogens is 1. The summed E-state index contributed by atoms with van der Waals surface area (Å²) in [4.78, 5) is 15.0. The van der Waals surface area contributed by atoms with Crippen LogP contribution in [0.1, 0.15) is 6.42 Å². The van der Waals surface area contributed by atoms with E-state index in [-0.39, 0.29) is 16.7 Å². The smallest absolute Gasteiger partial charge is 0.319 e. The van der Waals surface area contributed by atoms with Gasteiger partial charge in [0, 0.05) is 12.6 Å². The van der Waals surface area contributed by atoms with E-state index < -0.39 is 0 Å². The fourth-order valence-electron chi connectivity index (χ4n) is 2.22. The first-order chi connectivity index (χ1) is 8.75. The number of nitro groups is 1. The van der Waals surface area contributed by atoms with E-state index in [9.17, 15) is 10.1 Å². The topological polar surface area (TPSA) is 80.1 Å². The molecule has 0 spiro atoms. The highest BCUT2D eigenvalue weighted by Gasteiger charge is 2.23. The lowest BCUT2D eigenvalue weighted by molar-refractivity contribution is -0.382. The summed E-state index contributed by atoms with van der Waals surface area (Å²) in [7, 11) is 0. The van der Waals surface area contributed by atoms with Gasteiger partial charge in [-0.15, -0.1) is 11.3 Å². The Balaban J connectivity index is 2.03. The second-order valence-corrected chi connectivity index (χ2v) is 5.14. The molecule has 2 N–H and O–H groups in total. The van der Waals surface area contributed by atoms with Crippen LogP contribution in [0.2, 0.25) is 0 Å². The molecule has 1 aromatic heterocycles. The first kappa shape index (κ1) is 11.4. The van der Waals surface area contributed by atoms with E-state index in [0.717, 1.165) is 24.2 Å². The molecule has 6 nitrogen and oxygen atoms in total. The Morgan fingerprint density at radius 1 is 1.56 bits per heavy atom. The van der Waals surface area contributed by atoms with Gasteiger partial charge in [0.2, 0.25) is 0 Å². The minimum Gasteiger partial charge on any atom is -0.375 e. The van der Waals surface area contributed by atoms with Gasteiger partial charge in [-0.1, -0.05) is 0 Å². The Labute approximate surface area is 107 Å². The van der Waals surface area contributed by atoms with Gasteiger partial charge in [-0.05, 0) is 25.1 Å². The molecular weight excluding hydrogens is 252 g/mol. The number of anilines is 1. The van der Waals surface area contributed by atoms with Crippen LogP contribution in [0.15, 0.2) is 17.6 Å². The largest absolute Gasteiger partial charge is 0.375 e. The van der Waals surface area contributed by atoms with Crippen molar-refractivity contribution in [1.29, 1.82) is 0 Å². The van der Waals surface area contributed by atoms with Crippen molar-refractivity contribution in [3.05, 3.63) is 27.8 Å². The molecule has 2 heterocycles. The van der Waals surface area contributed by atoms with Crippen LogP contribution in [0, 0.1) is 10.1 Å². The van der Waals surface area contributed by atoms with Gasteiger partial charge >= 0.3 is 5.69 Å². The number of hydrogen-bond acceptors (Lipinski definition) is 6. The monoisotopic (exact) mass is 264 g/mol. The maximum Gasteiger partial charge on any atom is 0.319 e. The van der Waals surface area contributed by atoms with Gasteiger partial charge in [0.15, 0.2) is 5.52 Å². The molecule has 18 heavy (non-hydrogen) atoms. The summed E-state index contributed by atoms with van der Waals surface area (Å²) >= 11 is 1.41. The molecule has 1 aliphatic rings. The number of nitro benzene ring substituents is 1. The maximum atomic E-state index is 11.2. The molecule has 2 aromatic rings. The van der Waals surface area contributed by atoms with E-state index in [1.54, 1.807) is 11.6 Å². The normalized spacial score (nSPS) is 19.2. The van der Waals surface area contributed by atoms with Gasteiger partial charge in [-0.3, -0.25) is 10.1 Å². The van der Waals surface area contributed by atoms with Crippen LogP contribution in [0.3, 0.4) is 0 Å². The minimum absolute atomic E-state index is 0.0839. The first-order valence-corrected chi connectivity index (χ1v) is 6.61. The SMILES string of the molecule is O=[N+]([O-])c1c(NC2CCNC2)ccc2scnc12. The lowest BCUT2D eigenvalue weighted by Gasteiger charge is -2.12. The first-order valence-electron chi connectivity index (χ1n) is 5.73. The molecule has 0 radical (unpaired) electrons. The zero-order valence-corrected chi connectivity index (χ0v) is 10.4. The van der Waals surface area contributed by atoms with Gasteiger partial charge in [-0.2, -0.15) is 0 Å². The zero-order valence-electron chi connectivity index (χ0n) is 9.55. The summed E-state index contributed by atoms with van der Waals surface area (Å²) in [6.07, 6.45) is 0.978. The number of fused-ring (bicyclic) bond motifs is 1. The number of nitrogens with one attached hydrogen (secondary N) is 2. The van der Waals surface area contributed by atoms with E-state index in [0.29, 0.717) is 11.2 Å². The van der Waals surface area contributed by atoms with Crippen LogP contribution in [0.25, 0.3) is 10.2 Å². The van der Waals surface area contributed by atoms with Gasteiger partial charge in [0.1, 0.15) is 5.69 Å². The summed E-state index contributed by atoms with van der Waals surface area (Å²) in [6, 6.07) is 3.90. The number of hydrogen-bond donors (Lipinski definition) is 2. The molecule has 1 aromatic carbocycles. The Morgan fingerprint density at radius 3 is 3.17 bits per heavy atom. The summed E-state index contributed by atoms with van der Waals surface area (Å²) in [6.45, 7) is 1.79. The molecule has 1 saturated heterocycles. The number of rotatable bonds is 3. The zero-order chi connectivity index (χ0) is 12.5. The van der Waals surface area contributed by atoms with Crippen LogP contribution >= 0.6 is 11.3 Å². The Hall–Kier alpha value is -1.73. The predicted octanol–water partition coefficient (Wildman–Crippen LogP) is 1.98. The summed E-state index contributed by atoms with van der Waals surface area (Å²) in [5.41, 5.74) is 2.76. The van der Waals surface area contributed by atoms with Crippen molar-refractivity contribution in [1.82, 2.24) is 10.3 Å². The van der Waals surface area contributed by atoms with Crippen LogP contribution in [-0.4, -0.2) is 29.0 Å². The number of nitrogens with zero attached hydrogens (tertiary/aromatic N) is 2. The number of thiazole rings is 1. The molecular formula is C11H12N4O2S. The number of benzene rings is 1. The van der Waals surface area contributed by atoms with E-state index in [1.807, 2.05) is 6.07 Å². The molecule has 0 saturated carbocycles. The van der Waals surface area contributed by atoms with E-state index in [4.69, 9.17) is 0 Å². The maximum absolute atomic E-state index is 11.2. The second kappa shape index (κ2) is 4.51. The molecule has 1 aliphatic heterocycles. The van der Waals surface area contributed by atoms with Crippen molar-refractivity contribution in [3.63, 3.8) is 0 Å².